The van der Waals surface area contributed by atoms with Gasteiger partial charge in [0.1, 0.15) is 17.2 Å². The lowest BCUT2D eigenvalue weighted by Crippen LogP contribution is -2.39. The van der Waals surface area contributed by atoms with Gasteiger partial charge in [0.2, 0.25) is 0 Å². The summed E-state index contributed by atoms with van der Waals surface area (Å²) in [5.74, 6) is -2.13. The number of amides is 1. The molecule has 1 unspecified atom stereocenters. The number of carbonyl (C=O) groups is 1. The maximum atomic E-state index is 13.8. The molecule has 1 N–H and O–H groups in total. The Morgan fingerprint density at radius 2 is 2.00 bits per heavy atom. The molecule has 0 fully saturated rings. The Morgan fingerprint density at radius 1 is 1.37 bits per heavy atom. The van der Waals surface area contributed by atoms with Crippen LogP contribution in [0.25, 0.3) is 0 Å². The number of rotatable bonds is 5. The molecule has 2 nitrogen and oxygen atoms in total. The third-order valence-electron chi connectivity index (χ3n) is 3.05. The predicted octanol–water partition coefficient (Wildman–Crippen LogP) is 3.81. The van der Waals surface area contributed by atoms with E-state index >= 15 is 0 Å². The fourth-order valence-corrected chi connectivity index (χ4v) is 2.29. The molecule has 0 aliphatic heterocycles. The summed E-state index contributed by atoms with van der Waals surface area (Å²) < 4.78 is 27.4. The van der Waals surface area contributed by atoms with E-state index in [4.69, 9.17) is 0 Å². The van der Waals surface area contributed by atoms with Gasteiger partial charge in [0, 0.05) is 11.4 Å². The highest BCUT2D eigenvalue weighted by Crippen LogP contribution is 2.17. The highest BCUT2D eigenvalue weighted by atomic mass is 79.9. The maximum Gasteiger partial charge on any atom is 0.257 e. The largest absolute Gasteiger partial charge is 0.349 e. The monoisotopic (exact) mass is 333 g/mol. The first kappa shape index (κ1) is 16.1. The molecule has 1 atom stereocenters. The van der Waals surface area contributed by atoms with E-state index in [-0.39, 0.29) is 17.5 Å². The molecule has 5 heteroatoms. The summed E-state index contributed by atoms with van der Waals surface area (Å²) in [6.45, 7) is 5.41. The maximum absolute atomic E-state index is 13.8. The Labute approximate surface area is 120 Å². The molecule has 0 aromatic heterocycles. The summed E-state index contributed by atoms with van der Waals surface area (Å²) in [6, 6.07) is 2.31. The summed E-state index contributed by atoms with van der Waals surface area (Å²) in [5.41, 5.74) is -0.242. The first-order valence-corrected chi connectivity index (χ1v) is 7.32. The standard InChI is InChI=1S/C14H18BrF2NO/c1-8(2)11(6-7-15)18-14(19)12-10(16)5-4-9(3)13(12)17/h4-5,8,11H,6-7H2,1-3H3,(H,18,19). The van der Waals surface area contributed by atoms with E-state index < -0.39 is 23.1 Å². The zero-order valence-electron chi connectivity index (χ0n) is 11.3. The summed E-state index contributed by atoms with van der Waals surface area (Å²) >= 11 is 3.31. The topological polar surface area (TPSA) is 29.1 Å². The molecule has 0 saturated carbocycles. The van der Waals surface area contributed by atoms with Crippen molar-refractivity contribution in [2.24, 2.45) is 5.92 Å². The number of hydrogen-bond donors (Lipinski definition) is 1. The van der Waals surface area contributed by atoms with Gasteiger partial charge >= 0.3 is 0 Å². The van der Waals surface area contributed by atoms with E-state index in [9.17, 15) is 13.6 Å². The Kier molecular flexibility index (Phi) is 5.91. The van der Waals surface area contributed by atoms with Crippen LogP contribution in [-0.4, -0.2) is 17.3 Å². The molecule has 0 aliphatic carbocycles. The highest BCUT2D eigenvalue weighted by Gasteiger charge is 2.22. The van der Waals surface area contributed by atoms with Crippen LogP contribution in [0, 0.1) is 24.5 Å². The van der Waals surface area contributed by atoms with Crippen molar-refractivity contribution in [1.82, 2.24) is 5.32 Å². The highest BCUT2D eigenvalue weighted by molar-refractivity contribution is 9.09. The smallest absolute Gasteiger partial charge is 0.257 e. The molecule has 1 aromatic rings. The van der Waals surface area contributed by atoms with Crippen molar-refractivity contribution in [2.75, 3.05) is 5.33 Å². The van der Waals surface area contributed by atoms with Gasteiger partial charge in [0.25, 0.3) is 5.91 Å². The Bertz CT molecular complexity index is 463. The molecule has 0 bridgehead atoms. The Morgan fingerprint density at radius 3 is 2.53 bits per heavy atom. The average Bonchev–Trinajstić information content (AvgIpc) is 2.33. The van der Waals surface area contributed by atoms with Crippen LogP contribution < -0.4 is 5.32 Å². The van der Waals surface area contributed by atoms with Gasteiger partial charge in [0.05, 0.1) is 0 Å². The van der Waals surface area contributed by atoms with Crippen molar-refractivity contribution >= 4 is 21.8 Å². The van der Waals surface area contributed by atoms with Gasteiger partial charge in [0.15, 0.2) is 0 Å². The van der Waals surface area contributed by atoms with Crippen LogP contribution >= 0.6 is 15.9 Å². The van der Waals surface area contributed by atoms with E-state index in [1.807, 2.05) is 13.8 Å². The third kappa shape index (κ3) is 4.00. The number of halogens is 3. The van der Waals surface area contributed by atoms with Gasteiger partial charge in [-0.2, -0.15) is 0 Å². The van der Waals surface area contributed by atoms with Crippen LogP contribution in [0.4, 0.5) is 8.78 Å². The van der Waals surface area contributed by atoms with Crippen molar-refractivity contribution < 1.29 is 13.6 Å². The quantitative estimate of drug-likeness (QED) is 0.815. The molecular weight excluding hydrogens is 316 g/mol. The normalized spacial score (nSPS) is 12.6. The van der Waals surface area contributed by atoms with Gasteiger partial charge in [-0.3, -0.25) is 4.79 Å². The molecule has 106 valence electrons. The Hall–Kier alpha value is -0.970. The van der Waals surface area contributed by atoms with Gasteiger partial charge in [-0.15, -0.1) is 0 Å². The van der Waals surface area contributed by atoms with Crippen molar-refractivity contribution in [3.05, 3.63) is 34.9 Å². The van der Waals surface area contributed by atoms with Crippen molar-refractivity contribution in [2.45, 2.75) is 33.2 Å². The van der Waals surface area contributed by atoms with Gasteiger partial charge < -0.3 is 5.32 Å². The van der Waals surface area contributed by atoms with Crippen LogP contribution in [0.3, 0.4) is 0 Å². The van der Waals surface area contributed by atoms with E-state index in [0.717, 1.165) is 11.4 Å². The molecule has 0 heterocycles. The van der Waals surface area contributed by atoms with Crippen LogP contribution in [-0.2, 0) is 0 Å². The van der Waals surface area contributed by atoms with Crippen molar-refractivity contribution in [3.8, 4) is 0 Å². The fraction of sp³-hybridized carbons (Fsp3) is 0.500. The number of nitrogens with one attached hydrogen (secondary N) is 1. The van der Waals surface area contributed by atoms with Gasteiger partial charge in [-0.05, 0) is 30.9 Å². The second-order valence-corrected chi connectivity index (χ2v) is 5.65. The van der Waals surface area contributed by atoms with Gasteiger partial charge in [-0.1, -0.05) is 35.8 Å². The second-order valence-electron chi connectivity index (χ2n) is 4.85. The van der Waals surface area contributed by atoms with Crippen LogP contribution in [0.1, 0.15) is 36.2 Å². The summed E-state index contributed by atoms with van der Waals surface area (Å²) in [4.78, 5) is 12.0. The van der Waals surface area contributed by atoms with E-state index in [0.29, 0.717) is 6.42 Å². The minimum absolute atomic E-state index is 0.119. The van der Waals surface area contributed by atoms with E-state index in [1.165, 1.54) is 13.0 Å². The lowest BCUT2D eigenvalue weighted by molar-refractivity contribution is 0.0916. The zero-order chi connectivity index (χ0) is 14.6. The fourth-order valence-electron chi connectivity index (χ4n) is 1.80. The Balaban J connectivity index is 2.98. The van der Waals surface area contributed by atoms with Crippen molar-refractivity contribution in [1.29, 1.82) is 0 Å². The second kappa shape index (κ2) is 6.98. The SMILES string of the molecule is Cc1ccc(F)c(C(=O)NC(CCBr)C(C)C)c1F. The third-order valence-corrected chi connectivity index (χ3v) is 3.51. The minimum Gasteiger partial charge on any atom is -0.349 e. The minimum atomic E-state index is -0.832. The number of carbonyl (C=O) groups excluding carboxylic acids is 1. The molecule has 0 spiro atoms. The van der Waals surface area contributed by atoms with Gasteiger partial charge in [-0.25, -0.2) is 8.78 Å². The molecule has 0 saturated heterocycles. The first-order valence-electron chi connectivity index (χ1n) is 6.19. The van der Waals surface area contributed by atoms with Crippen LogP contribution in [0.2, 0.25) is 0 Å². The van der Waals surface area contributed by atoms with Crippen LogP contribution in [0.5, 0.6) is 0 Å². The summed E-state index contributed by atoms with van der Waals surface area (Å²) in [7, 11) is 0. The molecule has 0 radical (unpaired) electrons. The number of alkyl halides is 1. The van der Waals surface area contributed by atoms with Crippen molar-refractivity contribution in [3.63, 3.8) is 0 Å². The lowest BCUT2D eigenvalue weighted by atomic mass is 10.0. The van der Waals surface area contributed by atoms with E-state index in [1.54, 1.807) is 0 Å². The zero-order valence-corrected chi connectivity index (χ0v) is 12.9. The predicted molar refractivity (Wildman–Crippen MR) is 75.6 cm³/mol. The number of aryl methyl sites for hydroxylation is 1. The molecule has 1 aromatic carbocycles. The molecular formula is C14H18BrF2NO. The average molecular weight is 334 g/mol. The molecule has 0 aliphatic rings. The number of hydrogen-bond acceptors (Lipinski definition) is 1. The summed E-state index contributed by atoms with van der Waals surface area (Å²) in [6.07, 6.45) is 0.707. The molecule has 1 rings (SSSR count). The van der Waals surface area contributed by atoms with E-state index in [2.05, 4.69) is 21.2 Å². The first-order chi connectivity index (χ1) is 8.88. The van der Waals surface area contributed by atoms with Crippen LogP contribution in [0.15, 0.2) is 12.1 Å². The summed E-state index contributed by atoms with van der Waals surface area (Å²) in [5, 5.41) is 3.41. The lowest BCUT2D eigenvalue weighted by Gasteiger charge is -2.22. The molecule has 1 amide bonds. The number of benzene rings is 1. The molecule has 19 heavy (non-hydrogen) atoms.